The van der Waals surface area contributed by atoms with E-state index >= 15 is 0 Å². The Morgan fingerprint density at radius 1 is 1.44 bits per heavy atom. The fourth-order valence-corrected chi connectivity index (χ4v) is 1.68. The number of carbonyl (C=O) groups excluding carboxylic acids is 1. The molecule has 1 aromatic rings. The molecular formula is C11H12BrNO3. The van der Waals surface area contributed by atoms with Crippen LogP contribution in [0.1, 0.15) is 24.1 Å². The summed E-state index contributed by atoms with van der Waals surface area (Å²) in [6.07, 6.45) is 0. The first-order valence-electron chi connectivity index (χ1n) is 4.67. The molecule has 0 aliphatic heterocycles. The van der Waals surface area contributed by atoms with E-state index in [4.69, 9.17) is 5.11 Å². The highest BCUT2D eigenvalue weighted by molar-refractivity contribution is 9.10. The Kier molecular flexibility index (Phi) is 4.06. The molecule has 0 saturated heterocycles. The third-order valence-electron chi connectivity index (χ3n) is 2.12. The summed E-state index contributed by atoms with van der Waals surface area (Å²) in [5.74, 6) is -1.45. The molecule has 1 amide bonds. The third-order valence-corrected chi connectivity index (χ3v) is 2.98. The normalized spacial score (nSPS) is 11.9. The Morgan fingerprint density at radius 2 is 2.06 bits per heavy atom. The predicted octanol–water partition coefficient (Wildman–Crippen LogP) is 2.02. The highest BCUT2D eigenvalue weighted by Crippen LogP contribution is 2.22. The van der Waals surface area contributed by atoms with E-state index in [-0.39, 0.29) is 5.91 Å². The standard InChI is InChI=1S/C11H12BrNO3/c1-6-3-4-8(5-9(6)12)10(11(15)16)13-7(2)14/h3-5,10H,1-2H3,(H,13,14)(H,15,16). The topological polar surface area (TPSA) is 66.4 Å². The largest absolute Gasteiger partial charge is 0.479 e. The Bertz CT molecular complexity index is 431. The van der Waals surface area contributed by atoms with E-state index in [1.165, 1.54) is 6.92 Å². The van der Waals surface area contributed by atoms with E-state index in [9.17, 15) is 9.59 Å². The minimum atomic E-state index is -1.08. The number of aliphatic carboxylic acids is 1. The van der Waals surface area contributed by atoms with E-state index in [2.05, 4.69) is 21.2 Å². The van der Waals surface area contributed by atoms with Crippen LogP contribution in [0.25, 0.3) is 0 Å². The molecule has 16 heavy (non-hydrogen) atoms. The predicted molar refractivity (Wildman–Crippen MR) is 63.1 cm³/mol. The van der Waals surface area contributed by atoms with Gasteiger partial charge in [-0.3, -0.25) is 4.79 Å². The smallest absolute Gasteiger partial charge is 0.330 e. The van der Waals surface area contributed by atoms with Gasteiger partial charge in [-0.15, -0.1) is 0 Å². The lowest BCUT2D eigenvalue weighted by molar-refractivity contribution is -0.141. The number of carbonyl (C=O) groups is 2. The quantitative estimate of drug-likeness (QED) is 0.893. The van der Waals surface area contributed by atoms with Crippen LogP contribution in [0.3, 0.4) is 0 Å². The summed E-state index contributed by atoms with van der Waals surface area (Å²) >= 11 is 3.32. The highest BCUT2D eigenvalue weighted by atomic mass is 79.9. The van der Waals surface area contributed by atoms with Crippen molar-refractivity contribution in [3.05, 3.63) is 33.8 Å². The zero-order valence-corrected chi connectivity index (χ0v) is 10.5. The van der Waals surface area contributed by atoms with Crippen molar-refractivity contribution in [2.24, 2.45) is 0 Å². The van der Waals surface area contributed by atoms with Crippen LogP contribution in [0.5, 0.6) is 0 Å². The van der Waals surface area contributed by atoms with E-state index in [1.807, 2.05) is 6.92 Å². The third kappa shape index (κ3) is 3.06. The molecule has 0 aliphatic rings. The van der Waals surface area contributed by atoms with Gasteiger partial charge in [-0.2, -0.15) is 0 Å². The Hall–Kier alpha value is -1.36. The van der Waals surface area contributed by atoms with E-state index in [0.29, 0.717) is 5.56 Å². The first-order chi connectivity index (χ1) is 7.41. The minimum absolute atomic E-state index is 0.371. The second kappa shape index (κ2) is 5.12. The number of amides is 1. The van der Waals surface area contributed by atoms with Gasteiger partial charge in [0.2, 0.25) is 5.91 Å². The molecule has 0 fully saturated rings. The maximum atomic E-state index is 11.0. The van der Waals surface area contributed by atoms with Gasteiger partial charge < -0.3 is 10.4 Å². The van der Waals surface area contributed by atoms with Crippen molar-refractivity contribution in [2.45, 2.75) is 19.9 Å². The van der Waals surface area contributed by atoms with Gasteiger partial charge >= 0.3 is 5.97 Å². The van der Waals surface area contributed by atoms with Crippen LogP contribution < -0.4 is 5.32 Å². The average Bonchev–Trinajstić information content (AvgIpc) is 2.18. The highest BCUT2D eigenvalue weighted by Gasteiger charge is 2.20. The molecule has 0 heterocycles. The number of carboxylic acids is 1. The second-order valence-electron chi connectivity index (χ2n) is 3.48. The van der Waals surface area contributed by atoms with Crippen molar-refractivity contribution in [3.63, 3.8) is 0 Å². The fraction of sp³-hybridized carbons (Fsp3) is 0.273. The van der Waals surface area contributed by atoms with Gasteiger partial charge in [-0.1, -0.05) is 28.1 Å². The van der Waals surface area contributed by atoms with E-state index in [0.717, 1.165) is 10.0 Å². The van der Waals surface area contributed by atoms with Gasteiger partial charge in [0, 0.05) is 11.4 Å². The Morgan fingerprint density at radius 3 is 2.50 bits per heavy atom. The summed E-state index contributed by atoms with van der Waals surface area (Å²) in [6.45, 7) is 3.20. The zero-order chi connectivity index (χ0) is 12.3. The zero-order valence-electron chi connectivity index (χ0n) is 8.95. The molecule has 0 aromatic heterocycles. The monoisotopic (exact) mass is 285 g/mol. The number of halogens is 1. The number of rotatable bonds is 3. The molecule has 1 atom stereocenters. The molecule has 1 unspecified atom stereocenters. The summed E-state index contributed by atoms with van der Waals surface area (Å²) in [5.41, 5.74) is 1.55. The van der Waals surface area contributed by atoms with Crippen LogP contribution >= 0.6 is 15.9 Å². The lowest BCUT2D eigenvalue weighted by Crippen LogP contribution is -2.31. The van der Waals surface area contributed by atoms with Crippen LogP contribution in [0.4, 0.5) is 0 Å². The SMILES string of the molecule is CC(=O)NC(C(=O)O)c1ccc(C)c(Br)c1. The first-order valence-corrected chi connectivity index (χ1v) is 5.47. The van der Waals surface area contributed by atoms with Crippen LogP contribution in [0.15, 0.2) is 22.7 Å². The summed E-state index contributed by atoms with van der Waals surface area (Å²) < 4.78 is 0.821. The van der Waals surface area contributed by atoms with Gasteiger partial charge in [0.25, 0.3) is 0 Å². The van der Waals surface area contributed by atoms with Gasteiger partial charge in [0.1, 0.15) is 0 Å². The van der Waals surface area contributed by atoms with Crippen molar-refractivity contribution in [1.29, 1.82) is 0 Å². The number of hydrogen-bond acceptors (Lipinski definition) is 2. The molecule has 1 aromatic carbocycles. The summed E-state index contributed by atoms with van der Waals surface area (Å²) in [6, 6.07) is 4.19. The Labute approximate surface area is 102 Å². The number of benzene rings is 1. The van der Waals surface area contributed by atoms with E-state index in [1.54, 1.807) is 18.2 Å². The Balaban J connectivity index is 3.06. The van der Waals surface area contributed by atoms with Crippen molar-refractivity contribution in [1.82, 2.24) is 5.32 Å². The van der Waals surface area contributed by atoms with E-state index < -0.39 is 12.0 Å². The summed E-state index contributed by atoms with van der Waals surface area (Å²) in [7, 11) is 0. The molecule has 0 bridgehead atoms. The van der Waals surface area contributed by atoms with Crippen LogP contribution in [0.2, 0.25) is 0 Å². The molecule has 2 N–H and O–H groups in total. The molecule has 5 heteroatoms. The van der Waals surface area contributed by atoms with Gasteiger partial charge in [0.15, 0.2) is 6.04 Å². The van der Waals surface area contributed by atoms with Gasteiger partial charge in [-0.05, 0) is 24.1 Å². The van der Waals surface area contributed by atoms with Gasteiger partial charge in [-0.25, -0.2) is 4.79 Å². The van der Waals surface area contributed by atoms with Crippen molar-refractivity contribution >= 4 is 27.8 Å². The maximum Gasteiger partial charge on any atom is 0.330 e. The number of carboxylic acid groups (broad SMARTS) is 1. The van der Waals surface area contributed by atoms with Crippen LogP contribution in [0, 0.1) is 6.92 Å². The molecule has 0 spiro atoms. The molecule has 86 valence electrons. The molecule has 0 saturated carbocycles. The van der Waals surface area contributed by atoms with Crippen LogP contribution in [-0.2, 0) is 9.59 Å². The summed E-state index contributed by atoms with van der Waals surface area (Å²) in [4.78, 5) is 21.9. The lowest BCUT2D eigenvalue weighted by Gasteiger charge is -2.14. The fourth-order valence-electron chi connectivity index (χ4n) is 1.28. The molecule has 4 nitrogen and oxygen atoms in total. The maximum absolute atomic E-state index is 11.0. The molecular weight excluding hydrogens is 274 g/mol. The van der Waals surface area contributed by atoms with Crippen LogP contribution in [-0.4, -0.2) is 17.0 Å². The van der Waals surface area contributed by atoms with Crippen molar-refractivity contribution in [3.8, 4) is 0 Å². The lowest BCUT2D eigenvalue weighted by atomic mass is 10.1. The molecule has 1 rings (SSSR count). The van der Waals surface area contributed by atoms with Gasteiger partial charge in [0.05, 0.1) is 0 Å². The first kappa shape index (κ1) is 12.7. The average molecular weight is 286 g/mol. The molecule has 0 aliphatic carbocycles. The minimum Gasteiger partial charge on any atom is -0.479 e. The van der Waals surface area contributed by atoms with Crippen molar-refractivity contribution in [2.75, 3.05) is 0 Å². The summed E-state index contributed by atoms with van der Waals surface area (Å²) in [5, 5.41) is 11.4. The number of aryl methyl sites for hydroxylation is 1. The number of hydrogen-bond donors (Lipinski definition) is 2. The number of nitrogens with one attached hydrogen (secondary N) is 1. The van der Waals surface area contributed by atoms with Crippen molar-refractivity contribution < 1.29 is 14.7 Å². The second-order valence-corrected chi connectivity index (χ2v) is 4.33. The molecule has 0 radical (unpaired) electrons.